The SMILES string of the molecule is CCc1cc(NC(=O)c2ccc(C(C)C)cc2)n[nH]1. The Morgan fingerprint density at radius 1 is 1.32 bits per heavy atom. The quantitative estimate of drug-likeness (QED) is 0.882. The van der Waals surface area contributed by atoms with Crippen LogP contribution in [0.2, 0.25) is 0 Å². The Kier molecular flexibility index (Phi) is 4.00. The van der Waals surface area contributed by atoms with E-state index in [0.717, 1.165) is 12.1 Å². The number of H-pyrrole nitrogens is 1. The summed E-state index contributed by atoms with van der Waals surface area (Å²) in [5, 5.41) is 9.69. The van der Waals surface area contributed by atoms with Crippen LogP contribution in [0.4, 0.5) is 5.82 Å². The predicted molar refractivity (Wildman–Crippen MR) is 76.4 cm³/mol. The monoisotopic (exact) mass is 257 g/mol. The van der Waals surface area contributed by atoms with Crippen molar-refractivity contribution in [3.63, 3.8) is 0 Å². The summed E-state index contributed by atoms with van der Waals surface area (Å²) in [5.41, 5.74) is 2.88. The fourth-order valence-electron chi connectivity index (χ4n) is 1.81. The van der Waals surface area contributed by atoms with E-state index in [4.69, 9.17) is 0 Å². The number of nitrogens with zero attached hydrogens (tertiary/aromatic N) is 1. The lowest BCUT2D eigenvalue weighted by Gasteiger charge is -2.06. The number of hydrogen-bond acceptors (Lipinski definition) is 2. The van der Waals surface area contributed by atoms with E-state index >= 15 is 0 Å². The van der Waals surface area contributed by atoms with Crippen molar-refractivity contribution in [2.45, 2.75) is 33.1 Å². The van der Waals surface area contributed by atoms with Gasteiger partial charge in [-0.25, -0.2) is 0 Å². The fraction of sp³-hybridized carbons (Fsp3) is 0.333. The zero-order valence-electron chi connectivity index (χ0n) is 11.5. The molecule has 1 heterocycles. The second kappa shape index (κ2) is 5.69. The Labute approximate surface area is 113 Å². The Bertz CT molecular complexity index is 555. The number of aromatic amines is 1. The molecule has 0 saturated heterocycles. The minimum atomic E-state index is -0.135. The lowest BCUT2D eigenvalue weighted by Crippen LogP contribution is -2.12. The van der Waals surface area contributed by atoms with E-state index in [1.165, 1.54) is 5.56 Å². The Morgan fingerprint density at radius 2 is 2.00 bits per heavy atom. The highest BCUT2D eigenvalue weighted by molar-refractivity contribution is 6.03. The molecule has 0 bridgehead atoms. The maximum atomic E-state index is 12.0. The summed E-state index contributed by atoms with van der Waals surface area (Å²) < 4.78 is 0. The molecule has 2 aromatic rings. The average molecular weight is 257 g/mol. The number of rotatable bonds is 4. The third-order valence-electron chi connectivity index (χ3n) is 3.09. The molecule has 1 aromatic carbocycles. The molecule has 0 fully saturated rings. The van der Waals surface area contributed by atoms with E-state index in [9.17, 15) is 4.79 Å². The molecule has 4 heteroatoms. The first kappa shape index (κ1) is 13.3. The topological polar surface area (TPSA) is 57.8 Å². The van der Waals surface area contributed by atoms with E-state index in [1.807, 2.05) is 37.3 Å². The first-order chi connectivity index (χ1) is 9.10. The number of benzene rings is 1. The smallest absolute Gasteiger partial charge is 0.256 e. The lowest BCUT2D eigenvalue weighted by molar-refractivity contribution is 0.102. The van der Waals surface area contributed by atoms with Crippen LogP contribution in [-0.4, -0.2) is 16.1 Å². The first-order valence-corrected chi connectivity index (χ1v) is 6.55. The van der Waals surface area contributed by atoms with Gasteiger partial charge in [-0.1, -0.05) is 32.9 Å². The summed E-state index contributed by atoms with van der Waals surface area (Å²) in [6, 6.07) is 9.51. The van der Waals surface area contributed by atoms with Gasteiger partial charge in [0, 0.05) is 17.3 Å². The summed E-state index contributed by atoms with van der Waals surface area (Å²) in [6.07, 6.45) is 0.867. The maximum Gasteiger partial charge on any atom is 0.256 e. The minimum Gasteiger partial charge on any atom is -0.305 e. The summed E-state index contributed by atoms with van der Waals surface area (Å²) in [6.45, 7) is 6.29. The van der Waals surface area contributed by atoms with E-state index in [0.29, 0.717) is 17.3 Å². The third kappa shape index (κ3) is 3.22. The van der Waals surface area contributed by atoms with Crippen molar-refractivity contribution < 1.29 is 4.79 Å². The number of nitrogens with one attached hydrogen (secondary N) is 2. The molecule has 1 aromatic heterocycles. The molecule has 1 amide bonds. The molecule has 0 aliphatic carbocycles. The number of aryl methyl sites for hydroxylation is 1. The highest BCUT2D eigenvalue weighted by Gasteiger charge is 2.08. The summed E-state index contributed by atoms with van der Waals surface area (Å²) in [5.74, 6) is 0.898. The molecule has 2 rings (SSSR count). The normalized spacial score (nSPS) is 10.7. The maximum absolute atomic E-state index is 12.0. The number of aromatic nitrogens is 2. The molecule has 0 aliphatic heterocycles. The standard InChI is InChI=1S/C15H19N3O/c1-4-13-9-14(18-17-13)16-15(19)12-7-5-11(6-8-12)10(2)3/h5-10H,4H2,1-3H3,(H2,16,17,18,19). The Balaban J connectivity index is 2.07. The highest BCUT2D eigenvalue weighted by Crippen LogP contribution is 2.15. The van der Waals surface area contributed by atoms with Crippen LogP contribution < -0.4 is 5.32 Å². The zero-order valence-corrected chi connectivity index (χ0v) is 11.5. The molecule has 0 radical (unpaired) electrons. The van der Waals surface area contributed by atoms with Crippen molar-refractivity contribution in [1.29, 1.82) is 0 Å². The van der Waals surface area contributed by atoms with E-state index in [2.05, 4.69) is 29.4 Å². The lowest BCUT2D eigenvalue weighted by atomic mass is 10.0. The van der Waals surface area contributed by atoms with Gasteiger partial charge in [0.1, 0.15) is 0 Å². The van der Waals surface area contributed by atoms with Gasteiger partial charge in [-0.05, 0) is 30.0 Å². The molecule has 4 nitrogen and oxygen atoms in total. The minimum absolute atomic E-state index is 0.135. The number of hydrogen-bond donors (Lipinski definition) is 2. The van der Waals surface area contributed by atoms with Crippen molar-refractivity contribution in [2.75, 3.05) is 5.32 Å². The number of amides is 1. The molecule has 100 valence electrons. The second-order valence-electron chi connectivity index (χ2n) is 4.86. The molecular formula is C15H19N3O. The van der Waals surface area contributed by atoms with E-state index in [-0.39, 0.29) is 5.91 Å². The van der Waals surface area contributed by atoms with Crippen LogP contribution in [0.3, 0.4) is 0 Å². The Hall–Kier alpha value is -2.10. The zero-order chi connectivity index (χ0) is 13.8. The molecule has 0 aliphatic rings. The third-order valence-corrected chi connectivity index (χ3v) is 3.09. The summed E-state index contributed by atoms with van der Waals surface area (Å²) in [4.78, 5) is 12.0. The van der Waals surface area contributed by atoms with Gasteiger partial charge in [0.2, 0.25) is 0 Å². The van der Waals surface area contributed by atoms with Crippen molar-refractivity contribution >= 4 is 11.7 Å². The predicted octanol–water partition coefficient (Wildman–Crippen LogP) is 3.35. The molecule has 2 N–H and O–H groups in total. The molecule has 0 saturated carbocycles. The van der Waals surface area contributed by atoms with Gasteiger partial charge in [-0.3, -0.25) is 9.89 Å². The summed E-state index contributed by atoms with van der Waals surface area (Å²) in [7, 11) is 0. The van der Waals surface area contributed by atoms with Gasteiger partial charge in [-0.2, -0.15) is 5.10 Å². The molecule has 0 unspecified atom stereocenters. The van der Waals surface area contributed by atoms with Gasteiger partial charge in [0.25, 0.3) is 5.91 Å². The van der Waals surface area contributed by atoms with Crippen LogP contribution in [-0.2, 0) is 6.42 Å². The van der Waals surface area contributed by atoms with Gasteiger partial charge in [0.05, 0.1) is 0 Å². The van der Waals surface area contributed by atoms with Gasteiger partial charge in [-0.15, -0.1) is 0 Å². The first-order valence-electron chi connectivity index (χ1n) is 6.55. The van der Waals surface area contributed by atoms with E-state index in [1.54, 1.807) is 0 Å². The van der Waals surface area contributed by atoms with Gasteiger partial charge >= 0.3 is 0 Å². The van der Waals surface area contributed by atoms with Crippen LogP contribution in [0, 0.1) is 0 Å². The number of anilines is 1. The number of carbonyl (C=O) groups is 1. The summed E-state index contributed by atoms with van der Waals surface area (Å²) >= 11 is 0. The van der Waals surface area contributed by atoms with Crippen LogP contribution in [0.1, 0.15) is 48.3 Å². The van der Waals surface area contributed by atoms with Crippen LogP contribution in [0.15, 0.2) is 30.3 Å². The Morgan fingerprint density at radius 3 is 2.53 bits per heavy atom. The van der Waals surface area contributed by atoms with Gasteiger partial charge < -0.3 is 5.32 Å². The largest absolute Gasteiger partial charge is 0.305 e. The van der Waals surface area contributed by atoms with Crippen molar-refractivity contribution in [3.8, 4) is 0 Å². The fourth-order valence-corrected chi connectivity index (χ4v) is 1.81. The van der Waals surface area contributed by atoms with Crippen LogP contribution in [0.5, 0.6) is 0 Å². The van der Waals surface area contributed by atoms with Crippen LogP contribution >= 0.6 is 0 Å². The van der Waals surface area contributed by atoms with Gasteiger partial charge in [0.15, 0.2) is 5.82 Å². The highest BCUT2D eigenvalue weighted by atomic mass is 16.1. The molecule has 0 atom stereocenters. The molecule has 0 spiro atoms. The average Bonchev–Trinajstić information content (AvgIpc) is 2.86. The van der Waals surface area contributed by atoms with Crippen molar-refractivity contribution in [1.82, 2.24) is 10.2 Å². The van der Waals surface area contributed by atoms with Crippen LogP contribution in [0.25, 0.3) is 0 Å². The number of carbonyl (C=O) groups excluding carboxylic acids is 1. The van der Waals surface area contributed by atoms with E-state index < -0.39 is 0 Å². The van der Waals surface area contributed by atoms with Crippen molar-refractivity contribution in [3.05, 3.63) is 47.2 Å². The molecule has 19 heavy (non-hydrogen) atoms. The second-order valence-corrected chi connectivity index (χ2v) is 4.86. The molecular weight excluding hydrogens is 238 g/mol. The van der Waals surface area contributed by atoms with Crippen molar-refractivity contribution in [2.24, 2.45) is 0 Å².